The van der Waals surface area contributed by atoms with Gasteiger partial charge in [-0.05, 0) is 35.2 Å². The van der Waals surface area contributed by atoms with Crippen molar-refractivity contribution in [3.8, 4) is 5.75 Å². The number of pyridine rings is 1. The zero-order valence-corrected chi connectivity index (χ0v) is 19.7. The average molecular weight is 466 g/mol. The van der Waals surface area contributed by atoms with Crippen LogP contribution in [0.3, 0.4) is 0 Å². The summed E-state index contributed by atoms with van der Waals surface area (Å²) in [6, 6.07) is 9.52. The van der Waals surface area contributed by atoms with Crippen molar-refractivity contribution in [3.63, 3.8) is 0 Å². The van der Waals surface area contributed by atoms with Crippen molar-refractivity contribution < 1.29 is 29.1 Å². The molecule has 2 fully saturated rings. The monoisotopic (exact) mass is 465 g/mol. The standard InChI is InChI=1S/C26H31N3O5/c1-18(2)17-34-21-7-5-19(6-8-21)24(30)22-23(20-4-3-9-27-16-20)29(26(32)25(22)31)11-10-28-12-14-33-15-13-28/h3-9,16,18,23,30H,10-15,17H2,1-2H3. The van der Waals surface area contributed by atoms with Gasteiger partial charge in [-0.25, -0.2) is 0 Å². The molecule has 1 amide bonds. The van der Waals surface area contributed by atoms with E-state index in [9.17, 15) is 14.7 Å². The van der Waals surface area contributed by atoms with Crippen molar-refractivity contribution in [2.24, 2.45) is 5.92 Å². The van der Waals surface area contributed by atoms with E-state index in [4.69, 9.17) is 9.47 Å². The van der Waals surface area contributed by atoms with Crippen molar-refractivity contribution in [2.45, 2.75) is 19.9 Å². The second-order valence-electron chi connectivity index (χ2n) is 9.10. The number of benzene rings is 1. The molecule has 180 valence electrons. The van der Waals surface area contributed by atoms with E-state index in [1.54, 1.807) is 48.8 Å². The number of rotatable bonds is 8. The topological polar surface area (TPSA) is 96.2 Å². The lowest BCUT2D eigenvalue weighted by Crippen LogP contribution is -3.14. The highest BCUT2D eigenvalue weighted by Gasteiger charge is 2.44. The number of hydrogen-bond donors (Lipinski definition) is 1. The highest BCUT2D eigenvalue weighted by Crippen LogP contribution is 2.38. The number of nitrogens with one attached hydrogen (secondary N) is 1. The summed E-state index contributed by atoms with van der Waals surface area (Å²) in [6.45, 7) is 8.82. The highest BCUT2D eigenvalue weighted by atomic mass is 16.5. The number of Topliss-reactive ketones (excluding diaryl/α,β-unsaturated/α-hetero) is 1. The summed E-state index contributed by atoms with van der Waals surface area (Å²) in [7, 11) is 0. The van der Waals surface area contributed by atoms with Crippen molar-refractivity contribution >= 4 is 17.4 Å². The molecule has 34 heavy (non-hydrogen) atoms. The van der Waals surface area contributed by atoms with Crippen LogP contribution in [0, 0.1) is 5.92 Å². The number of carbonyl (C=O) groups excluding carboxylic acids is 2. The average Bonchev–Trinajstić information content (AvgIpc) is 3.12. The first-order valence-corrected chi connectivity index (χ1v) is 11.8. The third kappa shape index (κ3) is 5.29. The highest BCUT2D eigenvalue weighted by molar-refractivity contribution is 6.46. The van der Waals surface area contributed by atoms with Crippen LogP contribution in [-0.4, -0.2) is 67.6 Å². The Labute approximate surface area is 199 Å². The molecule has 0 saturated carbocycles. The second kappa shape index (κ2) is 10.8. The van der Waals surface area contributed by atoms with Crippen LogP contribution >= 0.6 is 0 Å². The number of ether oxygens (including phenoxy) is 2. The summed E-state index contributed by atoms with van der Waals surface area (Å²) in [5.41, 5.74) is 0.979. The van der Waals surface area contributed by atoms with Gasteiger partial charge in [0.2, 0.25) is 5.78 Å². The molecule has 1 aromatic heterocycles. The van der Waals surface area contributed by atoms with Crippen LogP contribution in [0.4, 0.5) is 0 Å². The number of quaternary nitrogens is 1. The lowest BCUT2D eigenvalue weighted by Gasteiger charge is -2.30. The molecule has 1 aromatic carbocycles. The van der Waals surface area contributed by atoms with Gasteiger partial charge in [0.15, 0.2) is 0 Å². The van der Waals surface area contributed by atoms with Crippen LogP contribution in [0.15, 0.2) is 54.4 Å². The van der Waals surface area contributed by atoms with Crippen molar-refractivity contribution in [1.29, 1.82) is 0 Å². The first-order chi connectivity index (χ1) is 16.5. The smallest absolute Gasteiger partial charge is 0.295 e. The number of aromatic nitrogens is 1. The van der Waals surface area contributed by atoms with Crippen molar-refractivity contribution in [1.82, 2.24) is 9.88 Å². The fourth-order valence-corrected chi connectivity index (χ4v) is 4.29. The molecule has 8 heteroatoms. The van der Waals surface area contributed by atoms with E-state index < -0.39 is 23.5 Å². The van der Waals surface area contributed by atoms with Gasteiger partial charge in [-0.2, -0.15) is 0 Å². The fraction of sp³-hybridized carbons (Fsp3) is 0.423. The molecular formula is C26H31N3O5. The number of nitrogens with zero attached hydrogens (tertiary/aromatic N) is 2. The number of morpholine rings is 1. The van der Waals surface area contributed by atoms with Crippen LogP contribution in [0.2, 0.25) is 0 Å². The molecule has 3 heterocycles. The van der Waals surface area contributed by atoms with Gasteiger partial charge in [-0.3, -0.25) is 14.6 Å². The molecule has 0 spiro atoms. The van der Waals surface area contributed by atoms with Gasteiger partial charge in [-0.1, -0.05) is 37.8 Å². The molecule has 2 aromatic rings. The molecule has 2 saturated heterocycles. The first kappa shape index (κ1) is 23.9. The van der Waals surface area contributed by atoms with E-state index in [0.29, 0.717) is 55.7 Å². The summed E-state index contributed by atoms with van der Waals surface area (Å²) < 4.78 is 11.1. The SMILES string of the molecule is CC(C)COc1ccc(C([O-])=C2C(=O)C(=O)N(CC[NH+]3CCOCC3)C2c2cccnc2)cc1. The predicted octanol–water partition coefficient (Wildman–Crippen LogP) is 0.256. The quantitative estimate of drug-likeness (QED) is 0.341. The fourth-order valence-electron chi connectivity index (χ4n) is 4.29. The summed E-state index contributed by atoms with van der Waals surface area (Å²) in [5, 5.41) is 13.5. The molecule has 2 aliphatic heterocycles. The molecular weight excluding hydrogens is 434 g/mol. The molecule has 8 nitrogen and oxygen atoms in total. The molecule has 1 atom stereocenters. The van der Waals surface area contributed by atoms with Gasteiger partial charge in [0, 0.05) is 18.0 Å². The largest absolute Gasteiger partial charge is 0.872 e. The molecule has 4 rings (SSSR count). The normalized spacial score (nSPS) is 20.8. The van der Waals surface area contributed by atoms with Crippen molar-refractivity contribution in [2.75, 3.05) is 46.0 Å². The van der Waals surface area contributed by atoms with Crippen molar-refractivity contribution in [3.05, 3.63) is 65.5 Å². The van der Waals surface area contributed by atoms with Gasteiger partial charge < -0.3 is 24.4 Å². The van der Waals surface area contributed by atoms with Gasteiger partial charge >= 0.3 is 0 Å². The lowest BCUT2D eigenvalue weighted by atomic mass is 9.96. The number of hydrogen-bond acceptors (Lipinski definition) is 6. The number of likely N-dealkylation sites (tertiary alicyclic amines) is 1. The summed E-state index contributed by atoms with van der Waals surface area (Å²) in [4.78, 5) is 33.1. The Balaban J connectivity index is 1.64. The minimum Gasteiger partial charge on any atom is -0.872 e. The Morgan fingerprint density at radius 2 is 1.94 bits per heavy atom. The molecule has 0 bridgehead atoms. The van der Waals surface area contributed by atoms with Crippen LogP contribution in [-0.2, 0) is 14.3 Å². The van der Waals surface area contributed by atoms with Crippen LogP contribution in [0.25, 0.3) is 5.76 Å². The van der Waals surface area contributed by atoms with E-state index in [0.717, 1.165) is 13.1 Å². The molecule has 2 aliphatic rings. The maximum absolute atomic E-state index is 13.5. The van der Waals surface area contributed by atoms with Crippen LogP contribution in [0.1, 0.15) is 31.0 Å². The van der Waals surface area contributed by atoms with E-state index >= 15 is 0 Å². The maximum Gasteiger partial charge on any atom is 0.295 e. The Hall–Kier alpha value is -3.23. The summed E-state index contributed by atoms with van der Waals surface area (Å²) >= 11 is 0. The third-order valence-electron chi connectivity index (χ3n) is 6.14. The van der Waals surface area contributed by atoms with Gasteiger partial charge in [0.05, 0.1) is 39.0 Å². The summed E-state index contributed by atoms with van der Waals surface area (Å²) in [5.74, 6) is -0.783. The van der Waals surface area contributed by atoms with E-state index in [-0.39, 0.29) is 5.57 Å². The number of carbonyl (C=O) groups is 2. The predicted molar refractivity (Wildman–Crippen MR) is 124 cm³/mol. The number of amides is 1. The zero-order chi connectivity index (χ0) is 24.1. The Morgan fingerprint density at radius 1 is 1.21 bits per heavy atom. The summed E-state index contributed by atoms with van der Waals surface area (Å²) in [6.07, 6.45) is 3.24. The second-order valence-corrected chi connectivity index (χ2v) is 9.10. The molecule has 1 N–H and O–H groups in total. The number of ketones is 1. The van der Waals surface area contributed by atoms with Gasteiger partial charge in [-0.15, -0.1) is 0 Å². The van der Waals surface area contributed by atoms with E-state index in [1.165, 1.54) is 9.80 Å². The zero-order valence-electron chi connectivity index (χ0n) is 19.7. The van der Waals surface area contributed by atoms with E-state index in [2.05, 4.69) is 18.8 Å². The van der Waals surface area contributed by atoms with Crippen LogP contribution < -0.4 is 14.7 Å². The Bertz CT molecular complexity index is 1030. The Morgan fingerprint density at radius 3 is 2.59 bits per heavy atom. The van der Waals surface area contributed by atoms with Crippen LogP contribution in [0.5, 0.6) is 5.75 Å². The molecule has 0 radical (unpaired) electrons. The third-order valence-corrected chi connectivity index (χ3v) is 6.14. The molecule has 0 aliphatic carbocycles. The maximum atomic E-state index is 13.5. The minimum absolute atomic E-state index is 0.0224. The van der Waals surface area contributed by atoms with Gasteiger partial charge in [0.1, 0.15) is 18.8 Å². The van der Waals surface area contributed by atoms with E-state index in [1.807, 2.05) is 0 Å². The lowest BCUT2D eigenvalue weighted by molar-refractivity contribution is -0.907. The minimum atomic E-state index is -0.751. The molecule has 1 unspecified atom stereocenters. The Kier molecular flexibility index (Phi) is 7.59. The first-order valence-electron chi connectivity index (χ1n) is 11.8. The van der Waals surface area contributed by atoms with Gasteiger partial charge in [0.25, 0.3) is 5.91 Å².